The first-order chi connectivity index (χ1) is 9.01. The maximum Gasteiger partial charge on any atom is 0.126 e. The maximum absolute atomic E-state index is 13.3. The molecule has 1 saturated heterocycles. The second kappa shape index (κ2) is 5.94. The summed E-state index contributed by atoms with van der Waals surface area (Å²) < 4.78 is 26.7. The van der Waals surface area contributed by atoms with Crippen LogP contribution < -0.4 is 5.73 Å². The van der Waals surface area contributed by atoms with Crippen molar-refractivity contribution in [3.05, 3.63) is 35.4 Å². The molecule has 0 bridgehead atoms. The zero-order valence-electron chi connectivity index (χ0n) is 11.4. The SMILES string of the molecule is CC1CN(C)CCN1C(CN)c1cc(F)cc(F)c1. The summed E-state index contributed by atoms with van der Waals surface area (Å²) in [7, 11) is 2.08. The van der Waals surface area contributed by atoms with Crippen LogP contribution in [0.15, 0.2) is 18.2 Å². The maximum atomic E-state index is 13.3. The third-order valence-electron chi connectivity index (χ3n) is 3.78. The predicted molar refractivity (Wildman–Crippen MR) is 71.8 cm³/mol. The summed E-state index contributed by atoms with van der Waals surface area (Å²) in [6.45, 7) is 5.22. The summed E-state index contributed by atoms with van der Waals surface area (Å²) in [6.07, 6.45) is 0. The topological polar surface area (TPSA) is 32.5 Å². The number of likely N-dealkylation sites (N-methyl/N-ethyl adjacent to an activating group) is 1. The van der Waals surface area contributed by atoms with Gasteiger partial charge in [-0.05, 0) is 31.7 Å². The van der Waals surface area contributed by atoms with Crippen molar-refractivity contribution >= 4 is 0 Å². The summed E-state index contributed by atoms with van der Waals surface area (Å²) in [5, 5.41) is 0. The number of hydrogen-bond acceptors (Lipinski definition) is 3. The standard InChI is InChI=1S/C14H21F2N3/c1-10-9-18(2)3-4-19(10)14(8-17)11-5-12(15)7-13(16)6-11/h5-7,10,14H,3-4,8-9,17H2,1-2H3. The van der Waals surface area contributed by atoms with Gasteiger partial charge in [0.2, 0.25) is 0 Å². The van der Waals surface area contributed by atoms with Gasteiger partial charge >= 0.3 is 0 Å². The number of hydrogen-bond donors (Lipinski definition) is 1. The monoisotopic (exact) mass is 269 g/mol. The van der Waals surface area contributed by atoms with Crippen LogP contribution in [-0.4, -0.2) is 49.1 Å². The molecular formula is C14H21F2N3. The first kappa shape index (κ1) is 14.4. The number of halogens is 2. The molecule has 19 heavy (non-hydrogen) atoms. The molecule has 0 spiro atoms. The Morgan fingerprint density at radius 1 is 1.26 bits per heavy atom. The average molecular weight is 269 g/mol. The molecule has 0 aromatic heterocycles. The van der Waals surface area contributed by atoms with E-state index in [4.69, 9.17) is 5.73 Å². The smallest absolute Gasteiger partial charge is 0.126 e. The van der Waals surface area contributed by atoms with E-state index in [1.807, 2.05) is 0 Å². The largest absolute Gasteiger partial charge is 0.329 e. The quantitative estimate of drug-likeness (QED) is 0.904. The molecule has 2 unspecified atom stereocenters. The molecule has 0 radical (unpaired) electrons. The molecule has 2 atom stereocenters. The molecule has 1 fully saturated rings. The van der Waals surface area contributed by atoms with Crippen LogP contribution in [-0.2, 0) is 0 Å². The van der Waals surface area contributed by atoms with Gasteiger partial charge in [-0.15, -0.1) is 0 Å². The zero-order valence-corrected chi connectivity index (χ0v) is 11.4. The minimum absolute atomic E-state index is 0.131. The molecular weight excluding hydrogens is 248 g/mol. The number of nitrogens with two attached hydrogens (primary N) is 1. The van der Waals surface area contributed by atoms with E-state index in [2.05, 4.69) is 23.8 Å². The van der Waals surface area contributed by atoms with Gasteiger partial charge in [0, 0.05) is 44.3 Å². The lowest BCUT2D eigenvalue weighted by Crippen LogP contribution is -2.52. The van der Waals surface area contributed by atoms with E-state index in [9.17, 15) is 8.78 Å². The molecule has 106 valence electrons. The number of nitrogens with zero attached hydrogens (tertiary/aromatic N) is 2. The molecule has 0 aliphatic carbocycles. The summed E-state index contributed by atoms with van der Waals surface area (Å²) in [4.78, 5) is 4.48. The lowest BCUT2D eigenvalue weighted by Gasteiger charge is -2.42. The van der Waals surface area contributed by atoms with E-state index < -0.39 is 11.6 Å². The average Bonchev–Trinajstić information content (AvgIpc) is 2.31. The van der Waals surface area contributed by atoms with Crippen LogP contribution >= 0.6 is 0 Å². The molecule has 0 amide bonds. The van der Waals surface area contributed by atoms with Crippen LogP contribution in [0.2, 0.25) is 0 Å². The van der Waals surface area contributed by atoms with Gasteiger partial charge in [-0.3, -0.25) is 4.90 Å². The van der Waals surface area contributed by atoms with Crippen molar-refractivity contribution < 1.29 is 8.78 Å². The van der Waals surface area contributed by atoms with Crippen LogP contribution in [0.4, 0.5) is 8.78 Å². The third kappa shape index (κ3) is 3.29. The predicted octanol–water partition coefficient (Wildman–Crippen LogP) is 1.60. The molecule has 3 nitrogen and oxygen atoms in total. The van der Waals surface area contributed by atoms with Crippen molar-refractivity contribution in [2.75, 3.05) is 33.2 Å². The highest BCUT2D eigenvalue weighted by molar-refractivity contribution is 5.22. The summed E-state index contributed by atoms with van der Waals surface area (Å²) in [5.41, 5.74) is 6.45. The first-order valence-electron chi connectivity index (χ1n) is 6.61. The Bertz CT molecular complexity index is 418. The van der Waals surface area contributed by atoms with Gasteiger partial charge in [-0.1, -0.05) is 0 Å². The Morgan fingerprint density at radius 2 is 1.89 bits per heavy atom. The highest BCUT2D eigenvalue weighted by Gasteiger charge is 2.28. The molecule has 1 aromatic rings. The molecule has 1 heterocycles. The van der Waals surface area contributed by atoms with Gasteiger partial charge in [0.25, 0.3) is 0 Å². The molecule has 1 aromatic carbocycles. The second-order valence-corrected chi connectivity index (χ2v) is 5.30. The Kier molecular flexibility index (Phi) is 4.50. The highest BCUT2D eigenvalue weighted by atomic mass is 19.1. The van der Waals surface area contributed by atoms with E-state index in [0.717, 1.165) is 25.7 Å². The molecule has 1 aliphatic rings. The van der Waals surface area contributed by atoms with Crippen LogP contribution in [0.5, 0.6) is 0 Å². The lowest BCUT2D eigenvalue weighted by atomic mass is 10.0. The molecule has 2 rings (SSSR count). The molecule has 0 saturated carbocycles. The van der Waals surface area contributed by atoms with Crippen molar-refractivity contribution in [3.63, 3.8) is 0 Å². The van der Waals surface area contributed by atoms with Crippen molar-refractivity contribution in [3.8, 4) is 0 Å². The van der Waals surface area contributed by atoms with E-state index in [0.29, 0.717) is 18.2 Å². The van der Waals surface area contributed by atoms with E-state index in [-0.39, 0.29) is 6.04 Å². The van der Waals surface area contributed by atoms with Gasteiger partial charge in [0.15, 0.2) is 0 Å². The molecule has 2 N–H and O–H groups in total. The van der Waals surface area contributed by atoms with E-state index in [1.54, 1.807) is 0 Å². The van der Waals surface area contributed by atoms with Crippen LogP contribution in [0.25, 0.3) is 0 Å². The van der Waals surface area contributed by atoms with Crippen molar-refractivity contribution in [1.82, 2.24) is 9.80 Å². The Morgan fingerprint density at radius 3 is 2.42 bits per heavy atom. The Hall–Kier alpha value is -1.04. The third-order valence-corrected chi connectivity index (χ3v) is 3.78. The second-order valence-electron chi connectivity index (χ2n) is 5.30. The minimum Gasteiger partial charge on any atom is -0.329 e. The molecule has 5 heteroatoms. The Labute approximate surface area is 113 Å². The normalized spacial score (nSPS) is 23.5. The van der Waals surface area contributed by atoms with Gasteiger partial charge in [-0.2, -0.15) is 0 Å². The van der Waals surface area contributed by atoms with Crippen LogP contribution in [0, 0.1) is 11.6 Å². The van der Waals surface area contributed by atoms with E-state index in [1.165, 1.54) is 12.1 Å². The fourth-order valence-corrected chi connectivity index (χ4v) is 2.85. The summed E-state index contributed by atoms with van der Waals surface area (Å²) >= 11 is 0. The van der Waals surface area contributed by atoms with Gasteiger partial charge in [0.05, 0.1) is 0 Å². The highest BCUT2D eigenvalue weighted by Crippen LogP contribution is 2.25. The fraction of sp³-hybridized carbons (Fsp3) is 0.571. The lowest BCUT2D eigenvalue weighted by molar-refractivity contribution is 0.0633. The Balaban J connectivity index is 2.23. The first-order valence-corrected chi connectivity index (χ1v) is 6.61. The van der Waals surface area contributed by atoms with Crippen molar-refractivity contribution in [1.29, 1.82) is 0 Å². The van der Waals surface area contributed by atoms with Crippen molar-refractivity contribution in [2.24, 2.45) is 5.73 Å². The number of rotatable bonds is 3. The van der Waals surface area contributed by atoms with Gasteiger partial charge < -0.3 is 10.6 Å². The van der Waals surface area contributed by atoms with Crippen molar-refractivity contribution in [2.45, 2.75) is 19.0 Å². The van der Waals surface area contributed by atoms with E-state index >= 15 is 0 Å². The summed E-state index contributed by atoms with van der Waals surface area (Å²) in [5.74, 6) is -1.09. The fourth-order valence-electron chi connectivity index (χ4n) is 2.85. The van der Waals surface area contributed by atoms with Gasteiger partial charge in [-0.25, -0.2) is 8.78 Å². The minimum atomic E-state index is -0.546. The number of benzene rings is 1. The summed E-state index contributed by atoms with van der Waals surface area (Å²) in [6, 6.07) is 3.84. The van der Waals surface area contributed by atoms with Crippen LogP contribution in [0.3, 0.4) is 0 Å². The van der Waals surface area contributed by atoms with Crippen LogP contribution in [0.1, 0.15) is 18.5 Å². The number of piperazine rings is 1. The zero-order chi connectivity index (χ0) is 14.0. The molecule has 1 aliphatic heterocycles. The van der Waals surface area contributed by atoms with Gasteiger partial charge in [0.1, 0.15) is 11.6 Å².